The molecule has 4 heteroatoms. The van der Waals surface area contributed by atoms with E-state index in [0.717, 1.165) is 17.7 Å². The molecule has 1 amide bonds. The number of carbonyl (C=O) groups is 1. The zero-order valence-corrected chi connectivity index (χ0v) is 12.3. The standard InChI is InChI=1S/C16H22N2O2/c1-16(2)13(8-14(16)20-3)18-15(19)11-9-17-12-7-5-4-6-10(11)12/h4-7,11,13-14,17H,8-9H2,1-3H3,(H,18,19). The van der Waals surface area contributed by atoms with Crippen LogP contribution in [0.1, 0.15) is 31.7 Å². The summed E-state index contributed by atoms with van der Waals surface area (Å²) in [6.45, 7) is 4.99. The van der Waals surface area contributed by atoms with Crippen LogP contribution in [0.5, 0.6) is 0 Å². The summed E-state index contributed by atoms with van der Waals surface area (Å²) in [5.74, 6) is 0.0404. The van der Waals surface area contributed by atoms with E-state index in [1.807, 2.05) is 24.3 Å². The Labute approximate surface area is 119 Å². The van der Waals surface area contributed by atoms with Crippen LogP contribution in [0.4, 0.5) is 5.69 Å². The molecule has 0 bridgehead atoms. The van der Waals surface area contributed by atoms with Crippen molar-refractivity contribution in [3.63, 3.8) is 0 Å². The molecule has 1 aliphatic heterocycles. The van der Waals surface area contributed by atoms with E-state index in [0.29, 0.717) is 6.54 Å². The van der Waals surface area contributed by atoms with Crippen molar-refractivity contribution in [3.05, 3.63) is 29.8 Å². The van der Waals surface area contributed by atoms with E-state index in [1.54, 1.807) is 7.11 Å². The fraction of sp³-hybridized carbons (Fsp3) is 0.562. The molecule has 108 valence electrons. The number of methoxy groups -OCH3 is 1. The quantitative estimate of drug-likeness (QED) is 0.887. The summed E-state index contributed by atoms with van der Waals surface area (Å²) in [4.78, 5) is 12.5. The molecule has 2 N–H and O–H groups in total. The lowest BCUT2D eigenvalue weighted by molar-refractivity contribution is -0.133. The Kier molecular flexibility index (Phi) is 3.21. The van der Waals surface area contributed by atoms with Gasteiger partial charge in [-0.2, -0.15) is 0 Å². The summed E-state index contributed by atoms with van der Waals surface area (Å²) in [7, 11) is 1.74. The van der Waals surface area contributed by atoms with E-state index in [4.69, 9.17) is 4.74 Å². The van der Waals surface area contributed by atoms with E-state index in [2.05, 4.69) is 24.5 Å². The molecule has 0 aromatic heterocycles. The van der Waals surface area contributed by atoms with Crippen molar-refractivity contribution >= 4 is 11.6 Å². The number of benzene rings is 1. The van der Waals surface area contributed by atoms with Gasteiger partial charge in [-0.3, -0.25) is 4.79 Å². The summed E-state index contributed by atoms with van der Waals surface area (Å²) < 4.78 is 5.43. The van der Waals surface area contributed by atoms with E-state index in [9.17, 15) is 4.79 Å². The van der Waals surface area contributed by atoms with Gasteiger partial charge in [0.25, 0.3) is 0 Å². The van der Waals surface area contributed by atoms with Crippen LogP contribution in [0.3, 0.4) is 0 Å². The fourth-order valence-electron chi connectivity index (χ4n) is 3.32. The van der Waals surface area contributed by atoms with Gasteiger partial charge < -0.3 is 15.4 Å². The van der Waals surface area contributed by atoms with Crippen LogP contribution in [0.2, 0.25) is 0 Å². The first-order valence-corrected chi connectivity index (χ1v) is 7.20. The maximum Gasteiger partial charge on any atom is 0.229 e. The van der Waals surface area contributed by atoms with Crippen molar-refractivity contribution in [1.29, 1.82) is 0 Å². The normalized spacial score (nSPS) is 30.1. The second-order valence-corrected chi connectivity index (χ2v) is 6.36. The molecule has 3 unspecified atom stereocenters. The van der Waals surface area contributed by atoms with Crippen molar-refractivity contribution in [2.45, 2.75) is 38.3 Å². The number of rotatable bonds is 3. The Morgan fingerprint density at radius 3 is 2.85 bits per heavy atom. The first-order chi connectivity index (χ1) is 9.54. The Balaban J connectivity index is 1.67. The van der Waals surface area contributed by atoms with E-state index < -0.39 is 0 Å². The Morgan fingerprint density at radius 1 is 1.40 bits per heavy atom. The number of anilines is 1. The second-order valence-electron chi connectivity index (χ2n) is 6.36. The number of ether oxygens (including phenoxy) is 1. The third kappa shape index (κ3) is 1.99. The largest absolute Gasteiger partial charge is 0.384 e. The summed E-state index contributed by atoms with van der Waals surface area (Å²) in [6, 6.07) is 8.23. The molecule has 3 atom stereocenters. The van der Waals surface area contributed by atoms with Crippen molar-refractivity contribution in [3.8, 4) is 0 Å². The lowest BCUT2D eigenvalue weighted by Gasteiger charge is -2.51. The number of para-hydroxylation sites is 1. The van der Waals surface area contributed by atoms with Crippen molar-refractivity contribution in [2.75, 3.05) is 19.0 Å². The van der Waals surface area contributed by atoms with Crippen LogP contribution in [0.25, 0.3) is 0 Å². The number of amides is 1. The summed E-state index contributed by atoms with van der Waals surface area (Å²) in [6.07, 6.45) is 1.14. The smallest absolute Gasteiger partial charge is 0.229 e. The van der Waals surface area contributed by atoms with Crippen LogP contribution < -0.4 is 10.6 Å². The van der Waals surface area contributed by atoms with Crippen LogP contribution in [-0.2, 0) is 9.53 Å². The van der Waals surface area contributed by atoms with Crippen LogP contribution in [0.15, 0.2) is 24.3 Å². The lowest BCUT2D eigenvalue weighted by Crippen LogP contribution is -2.62. The number of fused-ring (bicyclic) bond motifs is 1. The predicted molar refractivity (Wildman–Crippen MR) is 78.8 cm³/mol. The van der Waals surface area contributed by atoms with Gasteiger partial charge in [-0.05, 0) is 18.1 Å². The number of carbonyl (C=O) groups excluding carboxylic acids is 1. The zero-order chi connectivity index (χ0) is 14.3. The highest BCUT2D eigenvalue weighted by atomic mass is 16.5. The molecule has 1 heterocycles. The lowest BCUT2D eigenvalue weighted by atomic mass is 9.64. The first-order valence-electron chi connectivity index (χ1n) is 7.20. The molecule has 20 heavy (non-hydrogen) atoms. The fourth-order valence-corrected chi connectivity index (χ4v) is 3.32. The average molecular weight is 274 g/mol. The van der Waals surface area contributed by atoms with Crippen LogP contribution in [-0.4, -0.2) is 31.7 Å². The number of nitrogens with one attached hydrogen (secondary N) is 2. The van der Waals surface area contributed by atoms with Gasteiger partial charge in [0.05, 0.1) is 12.0 Å². The minimum atomic E-state index is -0.0800. The van der Waals surface area contributed by atoms with Crippen molar-refractivity contribution in [2.24, 2.45) is 5.41 Å². The molecule has 0 radical (unpaired) electrons. The SMILES string of the molecule is COC1CC(NC(=O)C2CNc3ccccc32)C1(C)C. The minimum absolute atomic E-state index is 0.00988. The highest BCUT2D eigenvalue weighted by molar-refractivity contribution is 5.88. The van der Waals surface area contributed by atoms with E-state index in [-0.39, 0.29) is 29.4 Å². The van der Waals surface area contributed by atoms with Gasteiger partial charge in [-0.25, -0.2) is 0 Å². The molecule has 0 saturated heterocycles. The molecule has 0 spiro atoms. The van der Waals surface area contributed by atoms with E-state index in [1.165, 1.54) is 0 Å². The van der Waals surface area contributed by atoms with Gasteiger partial charge in [0, 0.05) is 30.8 Å². The Morgan fingerprint density at radius 2 is 2.15 bits per heavy atom. The van der Waals surface area contributed by atoms with Gasteiger partial charge in [-0.15, -0.1) is 0 Å². The van der Waals surface area contributed by atoms with E-state index >= 15 is 0 Å². The molecule has 1 aromatic carbocycles. The molecule has 1 aliphatic carbocycles. The van der Waals surface area contributed by atoms with Crippen LogP contribution in [0, 0.1) is 5.41 Å². The molecule has 1 fully saturated rings. The van der Waals surface area contributed by atoms with Gasteiger partial charge in [0.1, 0.15) is 0 Å². The molecule has 1 aromatic rings. The topological polar surface area (TPSA) is 50.4 Å². The highest BCUT2D eigenvalue weighted by Crippen LogP contribution is 2.43. The van der Waals surface area contributed by atoms with Gasteiger partial charge in [0.15, 0.2) is 0 Å². The monoisotopic (exact) mass is 274 g/mol. The van der Waals surface area contributed by atoms with Crippen molar-refractivity contribution in [1.82, 2.24) is 5.32 Å². The minimum Gasteiger partial charge on any atom is -0.384 e. The Bertz CT molecular complexity index is 527. The molecule has 4 nitrogen and oxygen atoms in total. The number of hydrogen-bond donors (Lipinski definition) is 2. The molecular weight excluding hydrogens is 252 g/mol. The zero-order valence-electron chi connectivity index (χ0n) is 12.3. The Hall–Kier alpha value is -1.55. The average Bonchev–Trinajstić information content (AvgIpc) is 2.86. The number of hydrogen-bond acceptors (Lipinski definition) is 3. The molecule has 1 saturated carbocycles. The van der Waals surface area contributed by atoms with Gasteiger partial charge >= 0.3 is 0 Å². The maximum atomic E-state index is 12.5. The highest BCUT2D eigenvalue weighted by Gasteiger charge is 2.49. The third-order valence-electron chi connectivity index (χ3n) is 4.93. The molecular formula is C16H22N2O2. The van der Waals surface area contributed by atoms with Crippen molar-refractivity contribution < 1.29 is 9.53 Å². The summed E-state index contributed by atoms with van der Waals surface area (Å²) in [5, 5.41) is 6.49. The summed E-state index contributed by atoms with van der Waals surface area (Å²) >= 11 is 0. The second kappa shape index (κ2) is 4.77. The molecule has 2 aliphatic rings. The predicted octanol–water partition coefficient (Wildman–Crippen LogP) is 2.13. The maximum absolute atomic E-state index is 12.5. The first kappa shape index (κ1) is 13.4. The summed E-state index contributed by atoms with van der Waals surface area (Å²) in [5.41, 5.74) is 2.19. The van der Waals surface area contributed by atoms with Gasteiger partial charge in [-0.1, -0.05) is 32.0 Å². The third-order valence-corrected chi connectivity index (χ3v) is 4.93. The van der Waals surface area contributed by atoms with Crippen LogP contribution >= 0.6 is 0 Å². The molecule has 3 rings (SSSR count). The van der Waals surface area contributed by atoms with Gasteiger partial charge in [0.2, 0.25) is 5.91 Å².